The average molecular weight is 384 g/mol. The van der Waals surface area contributed by atoms with Gasteiger partial charge in [0.05, 0.1) is 17.5 Å². The van der Waals surface area contributed by atoms with Crippen LogP contribution in [0.1, 0.15) is 16.8 Å². The molecule has 0 fully saturated rings. The van der Waals surface area contributed by atoms with Crippen LogP contribution in [0.25, 0.3) is 10.9 Å². The fourth-order valence-electron chi connectivity index (χ4n) is 2.48. The van der Waals surface area contributed by atoms with E-state index in [1.165, 1.54) is 17.3 Å². The number of rotatable bonds is 5. The van der Waals surface area contributed by atoms with Crippen LogP contribution in [0.15, 0.2) is 58.5 Å². The molecule has 0 aliphatic heterocycles. The van der Waals surface area contributed by atoms with E-state index >= 15 is 0 Å². The molecular formula is C20H18ClN3OS. The highest BCUT2D eigenvalue weighted by Crippen LogP contribution is 2.28. The number of hydrogen-bond donors (Lipinski definition) is 1. The van der Waals surface area contributed by atoms with Crippen molar-refractivity contribution in [1.82, 2.24) is 10.4 Å². The summed E-state index contributed by atoms with van der Waals surface area (Å²) in [5, 5.41) is 5.63. The zero-order valence-corrected chi connectivity index (χ0v) is 16.1. The van der Waals surface area contributed by atoms with E-state index < -0.39 is 0 Å². The van der Waals surface area contributed by atoms with Crippen LogP contribution in [0.5, 0.6) is 0 Å². The lowest BCUT2D eigenvalue weighted by atomic mass is 10.1. The van der Waals surface area contributed by atoms with Crippen molar-refractivity contribution in [1.29, 1.82) is 0 Å². The van der Waals surface area contributed by atoms with Crippen molar-refractivity contribution in [2.45, 2.75) is 18.7 Å². The Labute approximate surface area is 161 Å². The maximum absolute atomic E-state index is 12.1. The molecule has 0 bridgehead atoms. The summed E-state index contributed by atoms with van der Waals surface area (Å²) in [7, 11) is 0. The molecule has 0 aliphatic carbocycles. The van der Waals surface area contributed by atoms with Crippen molar-refractivity contribution in [3.8, 4) is 0 Å². The molecule has 0 saturated heterocycles. The number of thioether (sulfide) groups is 1. The summed E-state index contributed by atoms with van der Waals surface area (Å²) in [4.78, 5) is 17.7. The number of nitrogens with one attached hydrogen (secondary N) is 1. The highest BCUT2D eigenvalue weighted by atomic mass is 35.5. The van der Waals surface area contributed by atoms with Gasteiger partial charge in [0, 0.05) is 26.6 Å². The molecule has 0 radical (unpaired) electrons. The van der Waals surface area contributed by atoms with Gasteiger partial charge in [0.15, 0.2) is 0 Å². The van der Waals surface area contributed by atoms with Gasteiger partial charge in [-0.25, -0.2) is 5.43 Å². The molecule has 2 aromatic carbocycles. The lowest BCUT2D eigenvalue weighted by Gasteiger charge is -2.08. The molecule has 26 heavy (non-hydrogen) atoms. The number of carbonyl (C=O) groups is 1. The molecule has 0 aliphatic rings. The molecule has 1 amide bonds. The monoisotopic (exact) mass is 383 g/mol. The number of fused-ring (bicyclic) bond motifs is 1. The number of hydrogen-bond acceptors (Lipinski definition) is 4. The topological polar surface area (TPSA) is 54.4 Å². The second-order valence-electron chi connectivity index (χ2n) is 5.89. The van der Waals surface area contributed by atoms with E-state index in [0.29, 0.717) is 5.02 Å². The Morgan fingerprint density at radius 3 is 2.85 bits per heavy atom. The van der Waals surface area contributed by atoms with E-state index in [-0.39, 0.29) is 11.7 Å². The highest BCUT2D eigenvalue weighted by molar-refractivity contribution is 8.00. The molecule has 1 N–H and O–H groups in total. The molecule has 4 nitrogen and oxygen atoms in total. The third-order valence-electron chi connectivity index (χ3n) is 3.71. The fraction of sp³-hybridized carbons (Fsp3) is 0.150. The summed E-state index contributed by atoms with van der Waals surface area (Å²) in [5.74, 6) is 0.0976. The Morgan fingerprint density at radius 2 is 2.04 bits per heavy atom. The quantitative estimate of drug-likeness (QED) is 0.393. The molecule has 6 heteroatoms. The van der Waals surface area contributed by atoms with Crippen LogP contribution >= 0.6 is 23.4 Å². The van der Waals surface area contributed by atoms with Gasteiger partial charge >= 0.3 is 0 Å². The molecule has 3 aromatic rings. The predicted octanol–water partition coefficient (Wildman–Crippen LogP) is 4.75. The Balaban J connectivity index is 1.65. The average Bonchev–Trinajstić information content (AvgIpc) is 2.61. The minimum absolute atomic E-state index is 0.173. The van der Waals surface area contributed by atoms with Crippen LogP contribution in [0, 0.1) is 13.8 Å². The molecule has 3 rings (SSSR count). The zero-order valence-electron chi connectivity index (χ0n) is 14.5. The second kappa shape index (κ2) is 8.34. The largest absolute Gasteiger partial charge is 0.272 e. The van der Waals surface area contributed by atoms with E-state index in [4.69, 9.17) is 11.6 Å². The van der Waals surface area contributed by atoms with E-state index in [9.17, 15) is 4.79 Å². The first-order chi connectivity index (χ1) is 12.5. The standard InChI is InChI=1S/C20H18ClN3OS/c1-13-7-8-18-16(9-13)19(10-14(2)23-18)26-12-20(25)24-22-11-15-5-3-4-6-17(15)21/h3-11H,12H2,1-2H3,(H,24,25)/b22-11-. The maximum Gasteiger partial charge on any atom is 0.250 e. The maximum atomic E-state index is 12.1. The number of amides is 1. The summed E-state index contributed by atoms with van der Waals surface area (Å²) in [6, 6.07) is 15.5. The van der Waals surface area contributed by atoms with Gasteiger partial charge in [-0.15, -0.1) is 11.8 Å². The Bertz CT molecular complexity index is 988. The summed E-state index contributed by atoms with van der Waals surface area (Å²) in [6.45, 7) is 4.00. The molecule has 0 spiro atoms. The van der Waals surface area contributed by atoms with E-state index in [0.717, 1.165) is 27.1 Å². The van der Waals surface area contributed by atoms with Crippen LogP contribution in [-0.4, -0.2) is 22.9 Å². The number of carbonyl (C=O) groups excluding carboxylic acids is 1. The SMILES string of the molecule is Cc1ccc2nc(C)cc(SCC(=O)N/N=C\c3ccccc3Cl)c2c1. The third kappa shape index (κ3) is 4.62. The van der Waals surface area contributed by atoms with E-state index in [1.807, 2.05) is 50.2 Å². The Kier molecular flexibility index (Phi) is 5.91. The van der Waals surface area contributed by atoms with Gasteiger partial charge < -0.3 is 0 Å². The van der Waals surface area contributed by atoms with E-state index in [1.54, 1.807) is 12.3 Å². The first kappa shape index (κ1) is 18.4. The molecule has 0 saturated carbocycles. The van der Waals surface area contributed by atoms with Crippen LogP contribution in [0.3, 0.4) is 0 Å². The first-order valence-corrected chi connectivity index (χ1v) is 9.46. The number of aromatic nitrogens is 1. The van der Waals surface area contributed by atoms with Crippen LogP contribution < -0.4 is 5.43 Å². The van der Waals surface area contributed by atoms with Gasteiger partial charge in [0.2, 0.25) is 5.91 Å². The Morgan fingerprint density at radius 1 is 1.23 bits per heavy atom. The molecule has 132 valence electrons. The van der Waals surface area contributed by atoms with Crippen LogP contribution in [0.2, 0.25) is 5.02 Å². The smallest absolute Gasteiger partial charge is 0.250 e. The van der Waals surface area contributed by atoms with Gasteiger partial charge in [0.25, 0.3) is 0 Å². The lowest BCUT2D eigenvalue weighted by Crippen LogP contribution is -2.19. The third-order valence-corrected chi connectivity index (χ3v) is 5.11. The summed E-state index contributed by atoms with van der Waals surface area (Å²) in [6.07, 6.45) is 1.54. The van der Waals surface area contributed by atoms with Crippen LogP contribution in [-0.2, 0) is 4.79 Å². The van der Waals surface area contributed by atoms with Crippen molar-refractivity contribution in [3.05, 3.63) is 70.4 Å². The van der Waals surface area contributed by atoms with Crippen molar-refractivity contribution < 1.29 is 4.79 Å². The normalized spacial score (nSPS) is 11.2. The first-order valence-electron chi connectivity index (χ1n) is 8.10. The summed E-state index contributed by atoms with van der Waals surface area (Å²) < 4.78 is 0. The Hall–Kier alpha value is -2.37. The van der Waals surface area contributed by atoms with E-state index in [2.05, 4.69) is 21.6 Å². The predicted molar refractivity (Wildman–Crippen MR) is 109 cm³/mol. The van der Waals surface area contributed by atoms with Gasteiger partial charge in [-0.2, -0.15) is 5.10 Å². The fourth-order valence-corrected chi connectivity index (χ4v) is 3.59. The van der Waals surface area contributed by atoms with Gasteiger partial charge in [-0.05, 0) is 38.1 Å². The minimum atomic E-state index is -0.173. The van der Waals surface area contributed by atoms with Crippen LogP contribution in [0.4, 0.5) is 0 Å². The summed E-state index contributed by atoms with van der Waals surface area (Å²) >= 11 is 7.53. The van der Waals surface area contributed by atoms with Crippen molar-refractivity contribution in [3.63, 3.8) is 0 Å². The lowest BCUT2D eigenvalue weighted by molar-refractivity contribution is -0.118. The number of benzene rings is 2. The van der Waals surface area contributed by atoms with Crippen molar-refractivity contribution >= 4 is 46.4 Å². The van der Waals surface area contributed by atoms with Gasteiger partial charge in [-0.3, -0.25) is 9.78 Å². The van der Waals surface area contributed by atoms with Crippen molar-refractivity contribution in [2.24, 2.45) is 5.10 Å². The second-order valence-corrected chi connectivity index (χ2v) is 7.31. The van der Waals surface area contributed by atoms with Gasteiger partial charge in [0.1, 0.15) is 0 Å². The zero-order chi connectivity index (χ0) is 18.5. The molecule has 1 heterocycles. The number of hydrazone groups is 1. The molecule has 0 unspecified atom stereocenters. The molecular weight excluding hydrogens is 366 g/mol. The molecule has 0 atom stereocenters. The highest BCUT2D eigenvalue weighted by Gasteiger charge is 2.08. The minimum Gasteiger partial charge on any atom is -0.272 e. The number of pyridine rings is 1. The summed E-state index contributed by atoms with van der Waals surface area (Å²) in [5.41, 5.74) is 6.33. The number of nitrogens with zero attached hydrogens (tertiary/aromatic N) is 2. The number of halogens is 1. The molecule has 1 aromatic heterocycles. The van der Waals surface area contributed by atoms with Gasteiger partial charge in [-0.1, -0.05) is 41.4 Å². The van der Waals surface area contributed by atoms with Crippen molar-refractivity contribution in [2.75, 3.05) is 5.75 Å². The number of aryl methyl sites for hydroxylation is 2.